The molecular formula is C30H30N6O3. The molecule has 0 saturated carbocycles. The van der Waals surface area contributed by atoms with E-state index in [1.54, 1.807) is 12.4 Å². The molecule has 2 aromatic carbocycles. The number of nitrogens with zero attached hydrogens (tertiary/aromatic N) is 3. The Labute approximate surface area is 225 Å². The minimum absolute atomic E-state index is 0.154. The molecule has 3 aromatic heterocycles. The summed E-state index contributed by atoms with van der Waals surface area (Å²) in [5.74, 6) is 0.992. The van der Waals surface area contributed by atoms with Crippen molar-refractivity contribution in [3.05, 3.63) is 107 Å². The van der Waals surface area contributed by atoms with Crippen molar-refractivity contribution >= 4 is 22.5 Å². The standard InChI is InChI=1S/C30H30N6O3/c37-28(33-19-24-17-23-18-31-15-13-26(23)35-24)21-36-29(22-9-3-1-4-10-22)34-20-27(30(36)38)32-14-7-8-16-39-25-11-5-2-6-12-25/h1-6,9-13,15,17-18,20,32,35H,7-8,14,16,19,21H2,(H,33,37). The van der Waals surface area contributed by atoms with E-state index in [2.05, 4.69) is 25.6 Å². The predicted molar refractivity (Wildman–Crippen MR) is 152 cm³/mol. The Morgan fingerprint density at radius 2 is 1.77 bits per heavy atom. The van der Waals surface area contributed by atoms with E-state index in [0.717, 1.165) is 40.8 Å². The first-order valence-corrected chi connectivity index (χ1v) is 12.9. The van der Waals surface area contributed by atoms with Crippen LogP contribution in [0.2, 0.25) is 0 Å². The molecule has 0 aliphatic carbocycles. The van der Waals surface area contributed by atoms with Crippen LogP contribution in [-0.4, -0.2) is 38.6 Å². The molecule has 39 heavy (non-hydrogen) atoms. The summed E-state index contributed by atoms with van der Waals surface area (Å²) in [5, 5.41) is 7.06. The van der Waals surface area contributed by atoms with Crippen molar-refractivity contribution in [2.45, 2.75) is 25.9 Å². The fourth-order valence-corrected chi connectivity index (χ4v) is 4.26. The van der Waals surface area contributed by atoms with Gasteiger partial charge in [-0.15, -0.1) is 0 Å². The number of carbonyl (C=O) groups excluding carboxylic acids is 1. The number of hydrogen-bond acceptors (Lipinski definition) is 6. The van der Waals surface area contributed by atoms with Gasteiger partial charge in [0.25, 0.3) is 5.56 Å². The van der Waals surface area contributed by atoms with Gasteiger partial charge in [-0.25, -0.2) is 4.98 Å². The molecule has 0 radical (unpaired) electrons. The fraction of sp³-hybridized carbons (Fsp3) is 0.200. The first-order chi connectivity index (χ1) is 19.2. The Morgan fingerprint density at radius 3 is 2.56 bits per heavy atom. The van der Waals surface area contributed by atoms with E-state index < -0.39 is 0 Å². The molecular weight excluding hydrogens is 492 g/mol. The minimum Gasteiger partial charge on any atom is -0.494 e. The molecule has 198 valence electrons. The molecule has 1 amide bonds. The van der Waals surface area contributed by atoms with Crippen LogP contribution in [0, 0.1) is 0 Å². The third kappa shape index (κ3) is 6.70. The number of anilines is 1. The van der Waals surface area contributed by atoms with Gasteiger partial charge < -0.3 is 20.4 Å². The number of hydrogen-bond donors (Lipinski definition) is 3. The number of ether oxygens (including phenoxy) is 1. The number of para-hydroxylation sites is 1. The Bertz CT molecular complexity index is 1550. The highest BCUT2D eigenvalue weighted by molar-refractivity contribution is 5.80. The zero-order valence-corrected chi connectivity index (χ0v) is 21.5. The van der Waals surface area contributed by atoms with Crippen molar-refractivity contribution in [2.75, 3.05) is 18.5 Å². The number of amides is 1. The van der Waals surface area contributed by atoms with Gasteiger partial charge in [0.15, 0.2) is 0 Å². The van der Waals surface area contributed by atoms with Crippen LogP contribution < -0.4 is 20.9 Å². The average molecular weight is 523 g/mol. The Balaban J connectivity index is 1.23. The van der Waals surface area contributed by atoms with Gasteiger partial charge in [-0.3, -0.25) is 19.1 Å². The third-order valence-electron chi connectivity index (χ3n) is 6.23. The zero-order chi connectivity index (χ0) is 26.9. The normalized spacial score (nSPS) is 10.9. The van der Waals surface area contributed by atoms with Crippen LogP contribution in [0.5, 0.6) is 5.75 Å². The molecule has 0 aliphatic heterocycles. The molecule has 9 heteroatoms. The SMILES string of the molecule is O=C(Cn1c(-c2ccccc2)ncc(NCCCCOc2ccccc2)c1=O)NCc1cc2cnccc2[nH]1. The zero-order valence-electron chi connectivity index (χ0n) is 21.5. The number of pyridine rings is 1. The lowest BCUT2D eigenvalue weighted by Crippen LogP contribution is -2.34. The van der Waals surface area contributed by atoms with Crippen LogP contribution in [0.4, 0.5) is 5.69 Å². The first-order valence-electron chi connectivity index (χ1n) is 12.9. The monoisotopic (exact) mass is 522 g/mol. The lowest BCUT2D eigenvalue weighted by atomic mass is 10.2. The lowest BCUT2D eigenvalue weighted by Gasteiger charge is -2.15. The van der Waals surface area contributed by atoms with Crippen LogP contribution >= 0.6 is 0 Å². The van der Waals surface area contributed by atoms with Crippen molar-refractivity contribution in [2.24, 2.45) is 0 Å². The second kappa shape index (κ2) is 12.6. The van der Waals surface area contributed by atoms with Crippen LogP contribution in [0.15, 0.2) is 96.2 Å². The van der Waals surface area contributed by atoms with Gasteiger partial charge in [-0.1, -0.05) is 48.5 Å². The molecule has 0 unspecified atom stereocenters. The minimum atomic E-state index is -0.295. The highest BCUT2D eigenvalue weighted by atomic mass is 16.5. The summed E-state index contributed by atoms with van der Waals surface area (Å²) in [6, 6.07) is 22.9. The number of benzene rings is 2. The smallest absolute Gasteiger partial charge is 0.277 e. The van der Waals surface area contributed by atoms with E-state index in [1.165, 1.54) is 10.8 Å². The van der Waals surface area contributed by atoms with E-state index in [0.29, 0.717) is 31.2 Å². The summed E-state index contributed by atoms with van der Waals surface area (Å²) in [6.07, 6.45) is 6.66. The summed E-state index contributed by atoms with van der Waals surface area (Å²) in [5.41, 5.74) is 2.62. The third-order valence-corrected chi connectivity index (χ3v) is 6.23. The van der Waals surface area contributed by atoms with Crippen LogP contribution in [-0.2, 0) is 17.9 Å². The molecule has 3 heterocycles. The number of unbranched alkanes of at least 4 members (excludes halogenated alkanes) is 1. The molecule has 0 saturated heterocycles. The van der Waals surface area contributed by atoms with Crippen LogP contribution in [0.1, 0.15) is 18.5 Å². The number of carbonyl (C=O) groups is 1. The summed E-state index contributed by atoms with van der Waals surface area (Å²) < 4.78 is 7.14. The number of fused-ring (bicyclic) bond motifs is 1. The van der Waals surface area contributed by atoms with Gasteiger partial charge in [0.1, 0.15) is 23.8 Å². The van der Waals surface area contributed by atoms with Crippen molar-refractivity contribution in [1.82, 2.24) is 24.8 Å². The maximum atomic E-state index is 13.4. The molecule has 3 N–H and O–H groups in total. The number of aromatic nitrogens is 4. The van der Waals surface area contributed by atoms with Crippen LogP contribution in [0.25, 0.3) is 22.3 Å². The molecule has 0 aliphatic rings. The molecule has 5 aromatic rings. The second-order valence-corrected chi connectivity index (χ2v) is 9.08. The predicted octanol–water partition coefficient (Wildman–Crippen LogP) is 4.37. The highest BCUT2D eigenvalue weighted by Gasteiger charge is 2.15. The first kappa shape index (κ1) is 25.7. The van der Waals surface area contributed by atoms with Gasteiger partial charge in [0.05, 0.1) is 19.3 Å². The molecule has 0 atom stereocenters. The summed E-state index contributed by atoms with van der Waals surface area (Å²) in [7, 11) is 0. The van der Waals surface area contributed by atoms with Crippen molar-refractivity contribution in [3.63, 3.8) is 0 Å². The quantitative estimate of drug-likeness (QED) is 0.210. The average Bonchev–Trinajstić information content (AvgIpc) is 3.40. The summed E-state index contributed by atoms with van der Waals surface area (Å²) >= 11 is 0. The number of H-pyrrole nitrogens is 1. The highest BCUT2D eigenvalue weighted by Crippen LogP contribution is 2.17. The van der Waals surface area contributed by atoms with E-state index in [-0.39, 0.29) is 18.0 Å². The molecule has 0 spiro atoms. The Morgan fingerprint density at radius 1 is 0.974 bits per heavy atom. The van der Waals surface area contributed by atoms with E-state index in [1.807, 2.05) is 72.8 Å². The maximum absolute atomic E-state index is 13.4. The van der Waals surface area contributed by atoms with Crippen LogP contribution in [0.3, 0.4) is 0 Å². The number of rotatable bonds is 12. The van der Waals surface area contributed by atoms with Crippen molar-refractivity contribution < 1.29 is 9.53 Å². The topological polar surface area (TPSA) is 114 Å². The van der Waals surface area contributed by atoms with Gasteiger partial charge in [-0.2, -0.15) is 0 Å². The largest absolute Gasteiger partial charge is 0.494 e. The van der Waals surface area contributed by atoms with E-state index in [4.69, 9.17) is 4.74 Å². The van der Waals surface area contributed by atoms with Crippen molar-refractivity contribution in [1.29, 1.82) is 0 Å². The fourth-order valence-electron chi connectivity index (χ4n) is 4.26. The van der Waals surface area contributed by atoms with Gasteiger partial charge in [-0.05, 0) is 37.1 Å². The number of aromatic amines is 1. The maximum Gasteiger partial charge on any atom is 0.277 e. The molecule has 9 nitrogen and oxygen atoms in total. The summed E-state index contributed by atoms with van der Waals surface area (Å²) in [6.45, 7) is 1.33. The molecule has 0 bridgehead atoms. The van der Waals surface area contributed by atoms with E-state index >= 15 is 0 Å². The Hall–Kier alpha value is -4.92. The number of nitrogens with one attached hydrogen (secondary N) is 3. The Kier molecular flexibility index (Phi) is 8.28. The molecule has 0 fully saturated rings. The lowest BCUT2D eigenvalue weighted by molar-refractivity contribution is -0.121. The van der Waals surface area contributed by atoms with Gasteiger partial charge in [0, 0.05) is 41.1 Å². The van der Waals surface area contributed by atoms with E-state index in [9.17, 15) is 9.59 Å². The summed E-state index contributed by atoms with van der Waals surface area (Å²) in [4.78, 5) is 38.3. The van der Waals surface area contributed by atoms with Gasteiger partial charge >= 0.3 is 0 Å². The second-order valence-electron chi connectivity index (χ2n) is 9.08. The van der Waals surface area contributed by atoms with Gasteiger partial charge in [0.2, 0.25) is 5.91 Å². The van der Waals surface area contributed by atoms with Crippen molar-refractivity contribution in [3.8, 4) is 17.1 Å². The molecule has 5 rings (SSSR count).